The van der Waals surface area contributed by atoms with E-state index in [-0.39, 0.29) is 5.91 Å². The van der Waals surface area contributed by atoms with Crippen molar-refractivity contribution in [2.24, 2.45) is 0 Å². The van der Waals surface area contributed by atoms with Gasteiger partial charge in [-0.05, 0) is 62.8 Å². The zero-order valence-electron chi connectivity index (χ0n) is 21.6. The first-order valence-corrected chi connectivity index (χ1v) is 15.1. The summed E-state index contributed by atoms with van der Waals surface area (Å²) < 4.78 is 34.5. The third-order valence-electron chi connectivity index (χ3n) is 7.35. The third-order valence-corrected chi connectivity index (χ3v) is 9.69. The van der Waals surface area contributed by atoms with Crippen LogP contribution in [0.25, 0.3) is 6.08 Å². The molecule has 1 aromatic rings. The van der Waals surface area contributed by atoms with Crippen molar-refractivity contribution in [3.63, 3.8) is 0 Å². The van der Waals surface area contributed by atoms with Gasteiger partial charge >= 0.3 is 0 Å². The number of ether oxygens (including phenoxy) is 1. The largest absolute Gasteiger partial charge is 0.379 e. The van der Waals surface area contributed by atoms with Gasteiger partial charge in [0.25, 0.3) is 0 Å². The smallest absolute Gasteiger partial charge is 0.243 e. The van der Waals surface area contributed by atoms with Crippen LogP contribution in [0.4, 0.5) is 0 Å². The standard InChI is InChI=1S/C27H44N4O4S/c32-26(12-11-25-10-8-16-28-24-25)29-17-6-1-2-7-18-30-36(33,34)27(13-4-3-5-14-27)15-9-19-31-20-22-35-23-21-31/h8,10-12,16,24,30H,1-7,9,13-15,17-23H2,(H,29,32)/b12-11+. The Balaban J connectivity index is 1.30. The van der Waals surface area contributed by atoms with Crippen LogP contribution in [0.5, 0.6) is 0 Å². The lowest BCUT2D eigenvalue weighted by molar-refractivity contribution is -0.116. The number of morpholine rings is 1. The second-order valence-corrected chi connectivity index (χ2v) is 12.2. The number of pyridine rings is 1. The van der Waals surface area contributed by atoms with E-state index in [4.69, 9.17) is 4.74 Å². The highest BCUT2D eigenvalue weighted by Gasteiger charge is 2.43. The quantitative estimate of drug-likeness (QED) is 0.271. The van der Waals surface area contributed by atoms with Crippen molar-refractivity contribution in [2.45, 2.75) is 75.4 Å². The Morgan fingerprint density at radius 2 is 1.81 bits per heavy atom. The van der Waals surface area contributed by atoms with Crippen molar-refractivity contribution in [3.05, 3.63) is 36.2 Å². The van der Waals surface area contributed by atoms with Gasteiger partial charge in [-0.25, -0.2) is 13.1 Å². The molecule has 202 valence electrons. The van der Waals surface area contributed by atoms with Crippen LogP contribution in [0.15, 0.2) is 30.6 Å². The minimum absolute atomic E-state index is 0.113. The van der Waals surface area contributed by atoms with Gasteiger partial charge in [-0.1, -0.05) is 38.2 Å². The first kappa shape index (κ1) is 28.8. The van der Waals surface area contributed by atoms with Crippen molar-refractivity contribution >= 4 is 22.0 Å². The van der Waals surface area contributed by atoms with E-state index in [9.17, 15) is 13.2 Å². The molecule has 1 aliphatic heterocycles. The monoisotopic (exact) mass is 520 g/mol. The molecule has 1 saturated heterocycles. The topological polar surface area (TPSA) is 101 Å². The SMILES string of the molecule is O=C(/C=C/c1cccnc1)NCCCCCCNS(=O)(=O)C1(CCCN2CCOCC2)CCCCC1. The maximum Gasteiger partial charge on any atom is 0.243 e. The van der Waals surface area contributed by atoms with E-state index in [1.165, 1.54) is 6.08 Å². The van der Waals surface area contributed by atoms with Gasteiger partial charge in [0.2, 0.25) is 15.9 Å². The maximum absolute atomic E-state index is 13.4. The normalized spacial score (nSPS) is 18.9. The fourth-order valence-electron chi connectivity index (χ4n) is 5.18. The Kier molecular flexibility index (Phi) is 12.3. The molecule has 0 unspecified atom stereocenters. The van der Waals surface area contributed by atoms with Gasteiger partial charge in [-0.2, -0.15) is 0 Å². The maximum atomic E-state index is 13.4. The highest BCUT2D eigenvalue weighted by Crippen LogP contribution is 2.38. The minimum atomic E-state index is -3.35. The van der Waals surface area contributed by atoms with E-state index in [0.717, 1.165) is 109 Å². The Morgan fingerprint density at radius 3 is 2.53 bits per heavy atom. The summed E-state index contributed by atoms with van der Waals surface area (Å²) in [6, 6.07) is 3.73. The highest BCUT2D eigenvalue weighted by molar-refractivity contribution is 7.90. The zero-order valence-corrected chi connectivity index (χ0v) is 22.4. The Hall–Kier alpha value is -1.81. The average Bonchev–Trinajstić information content (AvgIpc) is 2.90. The molecule has 2 fully saturated rings. The molecule has 1 amide bonds. The zero-order chi connectivity index (χ0) is 25.5. The summed E-state index contributed by atoms with van der Waals surface area (Å²) in [6.07, 6.45) is 16.6. The summed E-state index contributed by atoms with van der Waals surface area (Å²) in [5.74, 6) is -0.113. The summed E-state index contributed by atoms with van der Waals surface area (Å²) >= 11 is 0. The predicted molar refractivity (Wildman–Crippen MR) is 144 cm³/mol. The molecule has 0 bridgehead atoms. The Bertz CT molecular complexity index is 896. The van der Waals surface area contributed by atoms with Crippen LogP contribution in [-0.2, 0) is 19.6 Å². The number of sulfonamides is 1. The van der Waals surface area contributed by atoms with Gasteiger partial charge in [-0.3, -0.25) is 14.7 Å². The van der Waals surface area contributed by atoms with Crippen LogP contribution < -0.4 is 10.0 Å². The van der Waals surface area contributed by atoms with Gasteiger partial charge in [-0.15, -0.1) is 0 Å². The lowest BCUT2D eigenvalue weighted by atomic mass is 9.85. The average molecular weight is 521 g/mol. The number of hydrogen-bond donors (Lipinski definition) is 2. The number of nitrogens with one attached hydrogen (secondary N) is 2. The fraction of sp³-hybridized carbons (Fsp3) is 0.704. The molecule has 0 atom stereocenters. The Labute approximate surface area is 217 Å². The molecule has 0 spiro atoms. The summed E-state index contributed by atoms with van der Waals surface area (Å²) in [6.45, 7) is 5.52. The van der Waals surface area contributed by atoms with E-state index in [2.05, 4.69) is 19.9 Å². The lowest BCUT2D eigenvalue weighted by Crippen LogP contribution is -2.48. The van der Waals surface area contributed by atoms with E-state index in [1.54, 1.807) is 18.5 Å². The second-order valence-electron chi connectivity index (χ2n) is 10.0. The number of aromatic nitrogens is 1. The Morgan fingerprint density at radius 1 is 1.06 bits per heavy atom. The molecule has 2 aliphatic rings. The molecule has 36 heavy (non-hydrogen) atoms. The predicted octanol–water partition coefficient (Wildman–Crippen LogP) is 3.51. The van der Waals surface area contributed by atoms with Crippen LogP contribution in [0.1, 0.15) is 76.2 Å². The summed E-state index contributed by atoms with van der Waals surface area (Å²) in [5.41, 5.74) is 0.891. The number of unbranched alkanes of at least 4 members (excludes halogenated alkanes) is 3. The van der Waals surface area contributed by atoms with Crippen LogP contribution in [0, 0.1) is 0 Å². The van der Waals surface area contributed by atoms with Gasteiger partial charge in [0.05, 0.1) is 18.0 Å². The van der Waals surface area contributed by atoms with Crippen LogP contribution in [0.2, 0.25) is 0 Å². The number of nitrogens with zero attached hydrogens (tertiary/aromatic N) is 2. The van der Waals surface area contributed by atoms with Crippen molar-refractivity contribution in [1.29, 1.82) is 0 Å². The summed E-state index contributed by atoms with van der Waals surface area (Å²) in [4.78, 5) is 18.3. The molecule has 2 heterocycles. The molecule has 2 N–H and O–H groups in total. The third kappa shape index (κ3) is 9.57. The summed E-state index contributed by atoms with van der Waals surface area (Å²) in [5, 5.41) is 2.89. The van der Waals surface area contributed by atoms with Gasteiger partial charge in [0.15, 0.2) is 0 Å². The van der Waals surface area contributed by atoms with Crippen LogP contribution in [-0.4, -0.2) is 74.9 Å². The molecule has 1 saturated carbocycles. The molecular weight excluding hydrogens is 476 g/mol. The summed E-state index contributed by atoms with van der Waals surface area (Å²) in [7, 11) is -3.35. The number of carbonyl (C=O) groups excluding carboxylic acids is 1. The fourth-order valence-corrected chi connectivity index (χ4v) is 7.14. The number of hydrogen-bond acceptors (Lipinski definition) is 6. The van der Waals surface area contributed by atoms with E-state index >= 15 is 0 Å². The molecule has 3 rings (SSSR count). The van der Waals surface area contributed by atoms with Crippen molar-refractivity contribution in [3.8, 4) is 0 Å². The highest BCUT2D eigenvalue weighted by atomic mass is 32.2. The molecule has 0 radical (unpaired) electrons. The first-order chi connectivity index (χ1) is 17.5. The second kappa shape index (κ2) is 15.4. The minimum Gasteiger partial charge on any atom is -0.379 e. The van der Waals surface area contributed by atoms with E-state index in [1.807, 2.05) is 12.1 Å². The number of carbonyl (C=O) groups is 1. The molecular formula is C27H44N4O4S. The van der Waals surface area contributed by atoms with Crippen LogP contribution in [0.3, 0.4) is 0 Å². The van der Waals surface area contributed by atoms with Gasteiger partial charge < -0.3 is 10.1 Å². The molecule has 8 nitrogen and oxygen atoms in total. The van der Waals surface area contributed by atoms with E-state index < -0.39 is 14.8 Å². The lowest BCUT2D eigenvalue weighted by Gasteiger charge is -2.37. The van der Waals surface area contributed by atoms with Gasteiger partial charge in [0.1, 0.15) is 0 Å². The van der Waals surface area contributed by atoms with Crippen molar-refractivity contribution in [2.75, 3.05) is 45.9 Å². The van der Waals surface area contributed by atoms with E-state index in [0.29, 0.717) is 13.1 Å². The molecule has 1 aliphatic carbocycles. The van der Waals surface area contributed by atoms with Crippen molar-refractivity contribution in [1.82, 2.24) is 19.9 Å². The van der Waals surface area contributed by atoms with Crippen molar-refractivity contribution < 1.29 is 17.9 Å². The molecule has 9 heteroatoms. The van der Waals surface area contributed by atoms with Gasteiger partial charge in [0, 0.05) is 44.6 Å². The number of amides is 1. The number of rotatable bonds is 15. The molecule has 1 aromatic heterocycles. The van der Waals surface area contributed by atoms with Crippen LogP contribution >= 0.6 is 0 Å². The molecule has 0 aromatic carbocycles. The first-order valence-electron chi connectivity index (χ1n) is 13.7.